The van der Waals surface area contributed by atoms with Crippen LogP contribution in [0.5, 0.6) is 0 Å². The van der Waals surface area contributed by atoms with Crippen LogP contribution in [-0.2, 0) is 4.43 Å². The topological polar surface area (TPSA) is 9.23 Å². The molecule has 0 aromatic rings. The molecule has 0 saturated heterocycles. The van der Waals surface area contributed by atoms with Gasteiger partial charge in [0.2, 0.25) is 0 Å². The van der Waals surface area contributed by atoms with Crippen LogP contribution in [0.15, 0.2) is 0 Å². The molecule has 0 rings (SSSR count). The maximum Gasteiger partial charge on any atom is 2.00 e. The van der Waals surface area contributed by atoms with Gasteiger partial charge in [-0.3, -0.25) is 0 Å². The van der Waals surface area contributed by atoms with E-state index in [0.717, 1.165) is 6.42 Å². The third kappa shape index (κ3) is 13.7. The molecule has 1 unspecified atom stereocenters. The van der Waals surface area contributed by atoms with Crippen molar-refractivity contribution in [3.05, 3.63) is 6.92 Å². The molecule has 0 aliphatic carbocycles. The van der Waals surface area contributed by atoms with Gasteiger partial charge in [0, 0.05) is 5.60 Å². The van der Waals surface area contributed by atoms with Gasteiger partial charge in [0.25, 0.3) is 0 Å². The van der Waals surface area contributed by atoms with Crippen LogP contribution in [0.2, 0.25) is 12.1 Å². The Bertz CT molecular complexity index is 106. The Morgan fingerprint density at radius 2 is 1.77 bits per heavy atom. The van der Waals surface area contributed by atoms with Crippen molar-refractivity contribution in [2.75, 3.05) is 0 Å². The van der Waals surface area contributed by atoms with Gasteiger partial charge in [0.05, 0.1) is 0 Å². The minimum atomic E-state index is -0.900. The Morgan fingerprint density at radius 1 is 1.31 bits per heavy atom. The Morgan fingerprint density at radius 3 is 2.00 bits per heavy atom. The average Bonchev–Trinajstić information content (AvgIpc) is 1.84. The number of halogens is 1. The molecule has 0 aliphatic rings. The molecule has 76 valence electrons. The van der Waals surface area contributed by atoms with E-state index in [1.807, 2.05) is 0 Å². The zero-order valence-electron chi connectivity index (χ0n) is 9.40. The maximum atomic E-state index is 5.93. The SMILES string of the molecule is [CH2-]CC[SiH](CC)OC(C)(C)C.[I-].[Mg+2]. The van der Waals surface area contributed by atoms with Crippen LogP contribution >= 0.6 is 0 Å². The summed E-state index contributed by atoms with van der Waals surface area (Å²) in [5.74, 6) is 0. The Balaban J connectivity index is -0.000000500. The Kier molecular flexibility index (Phi) is 15.8. The summed E-state index contributed by atoms with van der Waals surface area (Å²) in [6, 6.07) is 2.45. The van der Waals surface area contributed by atoms with Gasteiger partial charge in [-0.2, -0.15) is 6.42 Å². The van der Waals surface area contributed by atoms with Gasteiger partial charge >= 0.3 is 23.1 Å². The van der Waals surface area contributed by atoms with Gasteiger partial charge in [-0.25, -0.2) is 0 Å². The second kappa shape index (κ2) is 10.2. The largest absolute Gasteiger partial charge is 2.00 e. The summed E-state index contributed by atoms with van der Waals surface area (Å²) < 4.78 is 5.93. The summed E-state index contributed by atoms with van der Waals surface area (Å²) in [6.45, 7) is 12.5. The van der Waals surface area contributed by atoms with E-state index in [0.29, 0.717) is 0 Å². The average molecular weight is 325 g/mol. The summed E-state index contributed by atoms with van der Waals surface area (Å²) in [5, 5.41) is 0. The van der Waals surface area contributed by atoms with Gasteiger partial charge in [0.15, 0.2) is 9.04 Å². The standard InChI is InChI=1S/C9H21OSi.HI.Mg/c1-6-8-11(7-2)10-9(3,4)5;;/h11H,1,6-8H2,2-5H3;1H;/q-1;;+2/p-1. The Labute approximate surface area is 118 Å². The van der Waals surface area contributed by atoms with Gasteiger partial charge < -0.3 is 35.3 Å². The van der Waals surface area contributed by atoms with Crippen LogP contribution in [0.3, 0.4) is 0 Å². The van der Waals surface area contributed by atoms with E-state index in [4.69, 9.17) is 4.43 Å². The van der Waals surface area contributed by atoms with Crippen molar-refractivity contribution in [1.29, 1.82) is 0 Å². The molecule has 0 radical (unpaired) electrons. The minimum Gasteiger partial charge on any atom is -1.00 e. The van der Waals surface area contributed by atoms with Crippen LogP contribution in [0.1, 0.15) is 34.1 Å². The van der Waals surface area contributed by atoms with Crippen molar-refractivity contribution in [3.8, 4) is 0 Å². The predicted octanol–water partition coefficient (Wildman–Crippen LogP) is -0.607. The minimum absolute atomic E-state index is 0. The maximum absolute atomic E-state index is 5.93. The van der Waals surface area contributed by atoms with E-state index in [1.54, 1.807) is 0 Å². The van der Waals surface area contributed by atoms with Crippen LogP contribution < -0.4 is 24.0 Å². The summed E-state index contributed by atoms with van der Waals surface area (Å²) in [7, 11) is -0.900. The molecule has 1 nitrogen and oxygen atoms in total. The summed E-state index contributed by atoms with van der Waals surface area (Å²) in [4.78, 5) is 0. The Hall–Kier alpha value is 1.67. The van der Waals surface area contributed by atoms with E-state index >= 15 is 0 Å². The fourth-order valence-corrected chi connectivity index (χ4v) is 3.22. The first kappa shape index (κ1) is 20.1. The summed E-state index contributed by atoms with van der Waals surface area (Å²) in [6.07, 6.45) is 1.03. The van der Waals surface area contributed by atoms with Crippen molar-refractivity contribution < 1.29 is 28.4 Å². The van der Waals surface area contributed by atoms with E-state index < -0.39 is 9.04 Å². The molecule has 0 amide bonds. The van der Waals surface area contributed by atoms with Crippen molar-refractivity contribution in [2.24, 2.45) is 0 Å². The van der Waals surface area contributed by atoms with Gasteiger partial charge in [0.1, 0.15) is 0 Å². The summed E-state index contributed by atoms with van der Waals surface area (Å²) in [5.41, 5.74) is 0.0576. The molecular weight excluding hydrogens is 303 g/mol. The molecule has 0 aromatic heterocycles. The number of rotatable bonds is 4. The second-order valence-electron chi connectivity index (χ2n) is 3.90. The molecular formula is C9H21IMgOSi. The van der Waals surface area contributed by atoms with E-state index in [9.17, 15) is 0 Å². The summed E-state index contributed by atoms with van der Waals surface area (Å²) >= 11 is 0. The van der Waals surface area contributed by atoms with Crippen molar-refractivity contribution in [2.45, 2.75) is 51.8 Å². The molecule has 13 heavy (non-hydrogen) atoms. The number of hydrogen-bond donors (Lipinski definition) is 0. The van der Waals surface area contributed by atoms with Crippen LogP contribution in [-0.4, -0.2) is 37.7 Å². The second-order valence-corrected chi connectivity index (χ2v) is 6.78. The van der Waals surface area contributed by atoms with Crippen LogP contribution in [0.4, 0.5) is 0 Å². The predicted molar refractivity (Wildman–Crippen MR) is 59.0 cm³/mol. The van der Waals surface area contributed by atoms with Crippen molar-refractivity contribution in [3.63, 3.8) is 0 Å². The molecule has 0 aliphatic heterocycles. The monoisotopic (exact) mass is 324 g/mol. The molecule has 0 bridgehead atoms. The van der Waals surface area contributed by atoms with Crippen LogP contribution in [0.25, 0.3) is 0 Å². The van der Waals surface area contributed by atoms with Crippen molar-refractivity contribution in [1.82, 2.24) is 0 Å². The smallest absolute Gasteiger partial charge is 1.00 e. The fraction of sp³-hybridized carbons (Fsp3) is 0.889. The van der Waals surface area contributed by atoms with Crippen molar-refractivity contribution >= 4 is 32.1 Å². The van der Waals surface area contributed by atoms with Gasteiger partial charge in [-0.15, -0.1) is 0 Å². The molecule has 0 fully saturated rings. The molecule has 0 saturated carbocycles. The third-order valence-corrected chi connectivity index (χ3v) is 4.50. The zero-order valence-corrected chi connectivity index (χ0v) is 14.1. The molecule has 1 atom stereocenters. The molecule has 0 spiro atoms. The fourth-order valence-electron chi connectivity index (χ4n) is 1.07. The van der Waals surface area contributed by atoms with E-state index in [1.165, 1.54) is 12.1 Å². The molecule has 0 heterocycles. The normalized spacial score (nSPS) is 12.7. The van der Waals surface area contributed by atoms with E-state index in [-0.39, 0.29) is 52.6 Å². The van der Waals surface area contributed by atoms with Gasteiger partial charge in [-0.1, -0.05) is 13.0 Å². The quantitative estimate of drug-likeness (QED) is 0.381. The zero-order chi connectivity index (χ0) is 8.91. The van der Waals surface area contributed by atoms with Gasteiger partial charge in [-0.05, 0) is 26.8 Å². The van der Waals surface area contributed by atoms with E-state index in [2.05, 4.69) is 34.6 Å². The molecule has 0 aromatic carbocycles. The molecule has 0 N–H and O–H groups in total. The van der Waals surface area contributed by atoms with Crippen LogP contribution in [0, 0.1) is 6.92 Å². The first-order chi connectivity index (χ1) is 4.99. The third-order valence-electron chi connectivity index (χ3n) is 1.50. The molecule has 4 heteroatoms. The number of hydrogen-bond acceptors (Lipinski definition) is 1. The first-order valence-electron chi connectivity index (χ1n) is 4.46. The first-order valence-corrected chi connectivity index (χ1v) is 6.57.